The molecule has 0 aliphatic carbocycles. The van der Waals surface area contributed by atoms with Crippen LogP contribution in [-0.4, -0.2) is 46.3 Å². The molecule has 2 rings (SSSR count). The van der Waals surface area contributed by atoms with E-state index >= 15 is 0 Å². The minimum absolute atomic E-state index is 0.691. The van der Waals surface area contributed by atoms with E-state index < -0.39 is 0 Å². The Morgan fingerprint density at radius 3 is 2.74 bits per heavy atom. The van der Waals surface area contributed by atoms with Gasteiger partial charge < -0.3 is 9.47 Å². The molecule has 0 atom stereocenters. The zero-order chi connectivity index (χ0) is 13.5. The molecule has 102 valence electrons. The van der Waals surface area contributed by atoms with Crippen LogP contribution < -0.4 is 4.74 Å². The van der Waals surface area contributed by atoms with Crippen molar-refractivity contribution in [2.75, 3.05) is 26.1 Å². The molecular formula is C12H16N4O2S. The molecule has 2 aromatic rings. The van der Waals surface area contributed by atoms with Crippen molar-refractivity contribution in [2.45, 2.75) is 12.1 Å². The molecule has 0 amide bonds. The molecule has 6 nitrogen and oxygen atoms in total. The lowest BCUT2D eigenvalue weighted by molar-refractivity contribution is 0.164. The van der Waals surface area contributed by atoms with E-state index in [0.29, 0.717) is 6.61 Å². The molecule has 0 saturated heterocycles. The van der Waals surface area contributed by atoms with E-state index in [4.69, 9.17) is 9.47 Å². The highest BCUT2D eigenvalue weighted by Gasteiger charge is 2.08. The van der Waals surface area contributed by atoms with Gasteiger partial charge in [-0.15, -0.1) is 5.10 Å². The van der Waals surface area contributed by atoms with Crippen LogP contribution in [0.15, 0.2) is 29.4 Å². The van der Waals surface area contributed by atoms with Crippen LogP contribution in [-0.2, 0) is 4.74 Å². The Kier molecular flexibility index (Phi) is 5.17. The first kappa shape index (κ1) is 13.8. The lowest BCUT2D eigenvalue weighted by Crippen LogP contribution is -2.01. The maximum absolute atomic E-state index is 5.29. The van der Waals surface area contributed by atoms with Gasteiger partial charge in [-0.2, -0.15) is 4.68 Å². The van der Waals surface area contributed by atoms with Crippen LogP contribution >= 0.6 is 11.8 Å². The van der Waals surface area contributed by atoms with Gasteiger partial charge in [0.25, 0.3) is 0 Å². The predicted octanol–water partition coefficient (Wildman–Crippen LogP) is 1.80. The summed E-state index contributed by atoms with van der Waals surface area (Å²) in [6.07, 6.45) is 0. The molecule has 0 saturated carbocycles. The maximum Gasteiger partial charge on any atom is 0.214 e. The van der Waals surface area contributed by atoms with E-state index in [0.717, 1.165) is 29.0 Å². The molecule has 0 radical (unpaired) electrons. The molecule has 7 heteroatoms. The topological polar surface area (TPSA) is 62.1 Å². The first-order chi connectivity index (χ1) is 9.35. The third-order valence-electron chi connectivity index (χ3n) is 2.42. The normalized spacial score (nSPS) is 10.6. The van der Waals surface area contributed by atoms with E-state index in [1.807, 2.05) is 31.2 Å². The average molecular weight is 280 g/mol. The lowest BCUT2D eigenvalue weighted by Gasteiger charge is -2.05. The molecule has 1 aromatic carbocycles. The van der Waals surface area contributed by atoms with Crippen molar-refractivity contribution in [1.29, 1.82) is 0 Å². The third kappa shape index (κ3) is 3.68. The zero-order valence-electron chi connectivity index (χ0n) is 10.9. The van der Waals surface area contributed by atoms with E-state index in [1.54, 1.807) is 23.6 Å². The van der Waals surface area contributed by atoms with Crippen LogP contribution in [0.3, 0.4) is 0 Å². The Bertz CT molecular complexity index is 501. The smallest absolute Gasteiger partial charge is 0.214 e. The molecule has 0 bridgehead atoms. The SMILES string of the molecule is CCOCCSc1nnnn1-c1ccc(OC)cc1. The van der Waals surface area contributed by atoms with Gasteiger partial charge in [-0.25, -0.2) is 0 Å². The number of methoxy groups -OCH3 is 1. The summed E-state index contributed by atoms with van der Waals surface area (Å²) in [6, 6.07) is 7.60. The summed E-state index contributed by atoms with van der Waals surface area (Å²) < 4.78 is 12.1. The fourth-order valence-electron chi connectivity index (χ4n) is 1.49. The number of tetrazole rings is 1. The molecule has 19 heavy (non-hydrogen) atoms. The van der Waals surface area contributed by atoms with Crippen molar-refractivity contribution in [3.8, 4) is 11.4 Å². The molecule has 0 aliphatic rings. The van der Waals surface area contributed by atoms with Gasteiger partial charge in [0.15, 0.2) is 0 Å². The van der Waals surface area contributed by atoms with Gasteiger partial charge >= 0.3 is 0 Å². The van der Waals surface area contributed by atoms with Crippen molar-refractivity contribution in [3.63, 3.8) is 0 Å². The van der Waals surface area contributed by atoms with Crippen molar-refractivity contribution in [2.24, 2.45) is 0 Å². The van der Waals surface area contributed by atoms with E-state index in [2.05, 4.69) is 15.5 Å². The number of ether oxygens (including phenoxy) is 2. The molecule has 0 fully saturated rings. The Morgan fingerprint density at radius 1 is 1.26 bits per heavy atom. The number of hydrogen-bond acceptors (Lipinski definition) is 6. The summed E-state index contributed by atoms with van der Waals surface area (Å²) in [7, 11) is 1.64. The summed E-state index contributed by atoms with van der Waals surface area (Å²) >= 11 is 1.57. The van der Waals surface area contributed by atoms with Crippen LogP contribution in [0.2, 0.25) is 0 Å². The first-order valence-corrected chi connectivity index (χ1v) is 6.97. The van der Waals surface area contributed by atoms with Gasteiger partial charge in [0.1, 0.15) is 5.75 Å². The van der Waals surface area contributed by atoms with Gasteiger partial charge in [0.2, 0.25) is 5.16 Å². The molecular weight excluding hydrogens is 264 g/mol. The van der Waals surface area contributed by atoms with E-state index in [9.17, 15) is 0 Å². The Labute approximate surface area is 116 Å². The Hall–Kier alpha value is -1.60. The molecule has 0 aliphatic heterocycles. The number of nitrogens with zero attached hydrogens (tertiary/aromatic N) is 4. The average Bonchev–Trinajstić information content (AvgIpc) is 2.92. The van der Waals surface area contributed by atoms with Crippen molar-refractivity contribution in [1.82, 2.24) is 20.2 Å². The van der Waals surface area contributed by atoms with E-state index in [1.165, 1.54) is 0 Å². The lowest BCUT2D eigenvalue weighted by atomic mass is 10.3. The number of thioether (sulfide) groups is 1. The standard InChI is InChI=1S/C12H16N4O2S/c1-3-18-8-9-19-12-13-14-15-16(12)10-4-6-11(17-2)7-5-10/h4-7H,3,8-9H2,1-2H3. The monoisotopic (exact) mass is 280 g/mol. The molecule has 0 spiro atoms. The van der Waals surface area contributed by atoms with Gasteiger partial charge in [-0.3, -0.25) is 0 Å². The van der Waals surface area contributed by atoms with Crippen LogP contribution in [0.25, 0.3) is 5.69 Å². The fourth-order valence-corrected chi connectivity index (χ4v) is 2.23. The Balaban J connectivity index is 2.05. The molecule has 0 N–H and O–H groups in total. The predicted molar refractivity (Wildman–Crippen MR) is 72.9 cm³/mol. The molecule has 0 unspecified atom stereocenters. The highest BCUT2D eigenvalue weighted by atomic mass is 32.2. The second-order valence-electron chi connectivity index (χ2n) is 3.62. The van der Waals surface area contributed by atoms with Crippen molar-refractivity contribution < 1.29 is 9.47 Å². The van der Waals surface area contributed by atoms with Crippen LogP contribution in [0.5, 0.6) is 5.75 Å². The number of rotatable bonds is 7. The summed E-state index contributed by atoms with van der Waals surface area (Å²) in [4.78, 5) is 0. The van der Waals surface area contributed by atoms with Crippen LogP contribution in [0, 0.1) is 0 Å². The van der Waals surface area contributed by atoms with Crippen molar-refractivity contribution in [3.05, 3.63) is 24.3 Å². The fraction of sp³-hybridized carbons (Fsp3) is 0.417. The van der Waals surface area contributed by atoms with Crippen LogP contribution in [0.4, 0.5) is 0 Å². The highest BCUT2D eigenvalue weighted by Crippen LogP contribution is 2.19. The number of aromatic nitrogens is 4. The zero-order valence-corrected chi connectivity index (χ0v) is 11.8. The minimum atomic E-state index is 0.691. The largest absolute Gasteiger partial charge is 0.497 e. The van der Waals surface area contributed by atoms with Gasteiger partial charge in [0, 0.05) is 12.4 Å². The molecule has 1 aromatic heterocycles. The van der Waals surface area contributed by atoms with Crippen LogP contribution in [0.1, 0.15) is 6.92 Å². The van der Waals surface area contributed by atoms with E-state index in [-0.39, 0.29) is 0 Å². The second kappa shape index (κ2) is 7.10. The maximum atomic E-state index is 5.29. The quantitative estimate of drug-likeness (QED) is 0.569. The summed E-state index contributed by atoms with van der Waals surface area (Å²) in [6.45, 7) is 3.40. The first-order valence-electron chi connectivity index (χ1n) is 5.98. The molecule has 1 heterocycles. The third-order valence-corrected chi connectivity index (χ3v) is 3.30. The van der Waals surface area contributed by atoms with Gasteiger partial charge in [-0.05, 0) is 41.6 Å². The summed E-state index contributed by atoms with van der Waals surface area (Å²) in [5.74, 6) is 1.63. The highest BCUT2D eigenvalue weighted by molar-refractivity contribution is 7.99. The second-order valence-corrected chi connectivity index (χ2v) is 4.68. The minimum Gasteiger partial charge on any atom is -0.497 e. The van der Waals surface area contributed by atoms with Gasteiger partial charge in [-0.1, -0.05) is 11.8 Å². The van der Waals surface area contributed by atoms with Crippen molar-refractivity contribution >= 4 is 11.8 Å². The number of benzene rings is 1. The van der Waals surface area contributed by atoms with Gasteiger partial charge in [0.05, 0.1) is 19.4 Å². The number of hydrogen-bond donors (Lipinski definition) is 0. The Morgan fingerprint density at radius 2 is 2.05 bits per heavy atom. The summed E-state index contributed by atoms with van der Waals surface area (Å²) in [5.41, 5.74) is 0.907. The summed E-state index contributed by atoms with van der Waals surface area (Å²) in [5, 5.41) is 12.5.